The van der Waals surface area contributed by atoms with Crippen LogP contribution in [0.3, 0.4) is 0 Å². The van der Waals surface area contributed by atoms with Crippen LogP contribution in [0.5, 0.6) is 0 Å². The Morgan fingerprint density at radius 2 is 1.71 bits per heavy atom. The molecular weight excluding hydrogens is 428 g/mol. The van der Waals surface area contributed by atoms with E-state index in [0.717, 1.165) is 47.7 Å². The molecule has 0 unspecified atom stereocenters. The third-order valence-corrected chi connectivity index (χ3v) is 6.54. The molecule has 4 aromatic rings. The summed E-state index contributed by atoms with van der Waals surface area (Å²) in [5.74, 6) is 0.130. The molecule has 0 saturated carbocycles. The molecule has 1 saturated heterocycles. The number of piperazine rings is 1. The molecule has 1 aromatic carbocycles. The number of fused-ring (bicyclic) bond motifs is 1. The zero-order valence-electron chi connectivity index (χ0n) is 20.1. The third kappa shape index (κ3) is 3.97. The standard InChI is InChI=1S/C25H30N8O/c1-16-12-19(13-17(2)27-16)21-22(18-8-6-5-7-9-18)28-24(26)33-23(21)29-32(25(33)34)15-20-14-30(3)10-11-31(20)4/h5-9,12-13,20H,10-11,14-15H2,1-4H3,(H2,26,28)/t20-/m1/s1. The molecule has 4 heterocycles. The van der Waals surface area contributed by atoms with Crippen molar-refractivity contribution in [3.63, 3.8) is 0 Å². The summed E-state index contributed by atoms with van der Waals surface area (Å²) in [5.41, 5.74) is 11.7. The summed E-state index contributed by atoms with van der Waals surface area (Å²) in [6, 6.07) is 14.0. The average molecular weight is 459 g/mol. The minimum Gasteiger partial charge on any atom is -0.369 e. The van der Waals surface area contributed by atoms with Crippen LogP contribution in [0.25, 0.3) is 28.0 Å². The van der Waals surface area contributed by atoms with Gasteiger partial charge < -0.3 is 10.6 Å². The van der Waals surface area contributed by atoms with Crippen LogP contribution >= 0.6 is 0 Å². The number of aryl methyl sites for hydroxylation is 2. The van der Waals surface area contributed by atoms with Gasteiger partial charge in [0.1, 0.15) is 0 Å². The maximum atomic E-state index is 13.5. The maximum absolute atomic E-state index is 13.5. The molecule has 0 amide bonds. The second-order valence-corrected chi connectivity index (χ2v) is 9.22. The first-order valence-electron chi connectivity index (χ1n) is 11.5. The van der Waals surface area contributed by atoms with Gasteiger partial charge in [-0.15, -0.1) is 5.10 Å². The van der Waals surface area contributed by atoms with Crippen molar-refractivity contribution < 1.29 is 0 Å². The van der Waals surface area contributed by atoms with Gasteiger partial charge in [0.05, 0.1) is 17.8 Å². The number of aromatic nitrogens is 5. The van der Waals surface area contributed by atoms with Crippen LogP contribution in [0.2, 0.25) is 0 Å². The highest BCUT2D eigenvalue weighted by Gasteiger charge is 2.26. The fourth-order valence-corrected chi connectivity index (χ4v) is 4.77. The lowest BCUT2D eigenvalue weighted by Crippen LogP contribution is -2.52. The molecule has 176 valence electrons. The first-order valence-corrected chi connectivity index (χ1v) is 11.5. The van der Waals surface area contributed by atoms with Gasteiger partial charge in [-0.2, -0.15) is 0 Å². The Labute approximate surface area is 198 Å². The Morgan fingerprint density at radius 3 is 2.41 bits per heavy atom. The number of rotatable bonds is 4. The predicted molar refractivity (Wildman–Crippen MR) is 134 cm³/mol. The highest BCUT2D eigenvalue weighted by atomic mass is 16.2. The van der Waals surface area contributed by atoms with Gasteiger partial charge in [-0.25, -0.2) is 18.9 Å². The van der Waals surface area contributed by atoms with Crippen molar-refractivity contribution in [1.82, 2.24) is 33.9 Å². The van der Waals surface area contributed by atoms with Gasteiger partial charge >= 0.3 is 5.69 Å². The second-order valence-electron chi connectivity index (χ2n) is 9.22. The molecule has 2 N–H and O–H groups in total. The van der Waals surface area contributed by atoms with Crippen LogP contribution in [-0.4, -0.2) is 73.7 Å². The van der Waals surface area contributed by atoms with E-state index in [1.54, 1.807) is 0 Å². The molecule has 3 aromatic heterocycles. The van der Waals surface area contributed by atoms with Crippen LogP contribution in [0, 0.1) is 13.8 Å². The number of nitrogens with two attached hydrogens (primary N) is 1. The molecule has 9 heteroatoms. The van der Waals surface area contributed by atoms with E-state index in [1.807, 2.05) is 56.3 Å². The summed E-state index contributed by atoms with van der Waals surface area (Å²) in [6.45, 7) is 7.23. The van der Waals surface area contributed by atoms with Gasteiger partial charge in [0, 0.05) is 42.6 Å². The lowest BCUT2D eigenvalue weighted by Gasteiger charge is -2.37. The Kier molecular flexibility index (Phi) is 5.66. The monoisotopic (exact) mass is 458 g/mol. The fraction of sp³-hybridized carbons (Fsp3) is 0.360. The van der Waals surface area contributed by atoms with Crippen molar-refractivity contribution in [3.05, 3.63) is 64.3 Å². The van der Waals surface area contributed by atoms with E-state index in [9.17, 15) is 4.79 Å². The summed E-state index contributed by atoms with van der Waals surface area (Å²) in [4.78, 5) is 27.3. The van der Waals surface area contributed by atoms with Crippen LogP contribution in [0.1, 0.15) is 11.4 Å². The van der Waals surface area contributed by atoms with Crippen molar-refractivity contribution in [2.24, 2.45) is 0 Å². The van der Waals surface area contributed by atoms with Crippen molar-refractivity contribution >= 4 is 11.6 Å². The van der Waals surface area contributed by atoms with Gasteiger partial charge in [-0.1, -0.05) is 30.3 Å². The van der Waals surface area contributed by atoms with Gasteiger partial charge in [-0.05, 0) is 45.6 Å². The fourth-order valence-electron chi connectivity index (χ4n) is 4.77. The SMILES string of the molecule is Cc1cc(-c2c(-c3ccccc3)nc(N)n3c(=O)n(C[C@H]4CN(C)CCN4C)nc23)cc(C)n1. The molecule has 0 bridgehead atoms. The van der Waals surface area contributed by atoms with E-state index in [1.165, 1.54) is 9.08 Å². The molecule has 34 heavy (non-hydrogen) atoms. The Hall–Kier alpha value is -3.56. The molecule has 0 aliphatic carbocycles. The van der Waals surface area contributed by atoms with E-state index in [0.29, 0.717) is 17.9 Å². The first-order chi connectivity index (χ1) is 16.3. The third-order valence-electron chi connectivity index (χ3n) is 6.54. The van der Waals surface area contributed by atoms with Crippen LogP contribution in [0.15, 0.2) is 47.3 Å². The van der Waals surface area contributed by atoms with Crippen molar-refractivity contribution in [2.45, 2.75) is 26.4 Å². The first kappa shape index (κ1) is 22.2. The van der Waals surface area contributed by atoms with Crippen LogP contribution in [0.4, 0.5) is 5.95 Å². The van der Waals surface area contributed by atoms with Gasteiger partial charge in [0.15, 0.2) is 5.65 Å². The maximum Gasteiger partial charge on any atom is 0.353 e. The number of nitrogens with zero attached hydrogens (tertiary/aromatic N) is 7. The largest absolute Gasteiger partial charge is 0.369 e. The van der Waals surface area contributed by atoms with Crippen LogP contribution in [-0.2, 0) is 6.54 Å². The van der Waals surface area contributed by atoms with Crippen molar-refractivity contribution in [2.75, 3.05) is 39.5 Å². The summed E-state index contributed by atoms with van der Waals surface area (Å²) < 4.78 is 2.96. The van der Waals surface area contributed by atoms with Gasteiger partial charge in [0.25, 0.3) is 0 Å². The van der Waals surface area contributed by atoms with E-state index in [-0.39, 0.29) is 17.7 Å². The summed E-state index contributed by atoms with van der Waals surface area (Å²) in [6.07, 6.45) is 0. The number of nitrogen functional groups attached to an aromatic ring is 1. The number of likely N-dealkylation sites (N-methyl/N-ethyl adjacent to an activating group) is 2. The zero-order valence-corrected chi connectivity index (χ0v) is 20.1. The topological polar surface area (TPSA) is 97.6 Å². The molecule has 5 rings (SSSR count). The van der Waals surface area contributed by atoms with Gasteiger partial charge in [-0.3, -0.25) is 9.88 Å². The summed E-state index contributed by atoms with van der Waals surface area (Å²) in [5, 5.41) is 4.83. The number of hydrogen-bond acceptors (Lipinski definition) is 7. The summed E-state index contributed by atoms with van der Waals surface area (Å²) in [7, 11) is 4.20. The molecule has 1 atom stereocenters. The summed E-state index contributed by atoms with van der Waals surface area (Å²) >= 11 is 0. The van der Waals surface area contributed by atoms with E-state index in [4.69, 9.17) is 15.8 Å². The molecule has 1 fully saturated rings. The van der Waals surface area contributed by atoms with Crippen LogP contribution < -0.4 is 11.4 Å². The quantitative estimate of drug-likeness (QED) is 0.500. The van der Waals surface area contributed by atoms with Crippen molar-refractivity contribution in [1.29, 1.82) is 0 Å². The number of pyridine rings is 1. The second kappa shape index (κ2) is 8.66. The van der Waals surface area contributed by atoms with E-state index >= 15 is 0 Å². The van der Waals surface area contributed by atoms with Crippen molar-refractivity contribution in [3.8, 4) is 22.4 Å². The minimum atomic E-state index is -0.273. The lowest BCUT2D eigenvalue weighted by atomic mass is 9.99. The zero-order chi connectivity index (χ0) is 24.0. The Morgan fingerprint density at radius 1 is 1.00 bits per heavy atom. The molecule has 1 aliphatic rings. The number of benzene rings is 1. The number of anilines is 1. The smallest absolute Gasteiger partial charge is 0.353 e. The molecule has 0 spiro atoms. The predicted octanol–water partition coefficient (Wildman–Crippen LogP) is 2.06. The van der Waals surface area contributed by atoms with E-state index in [2.05, 4.69) is 28.9 Å². The highest BCUT2D eigenvalue weighted by Crippen LogP contribution is 2.34. The van der Waals surface area contributed by atoms with Gasteiger partial charge in [0.2, 0.25) is 5.95 Å². The molecular formula is C25H30N8O. The minimum absolute atomic E-state index is 0.130. The molecule has 1 aliphatic heterocycles. The Bertz CT molecular complexity index is 1390. The average Bonchev–Trinajstić information content (AvgIpc) is 3.12. The van der Waals surface area contributed by atoms with E-state index < -0.39 is 0 Å². The lowest BCUT2D eigenvalue weighted by molar-refractivity contribution is 0.0998. The molecule has 0 radical (unpaired) electrons. The molecule has 9 nitrogen and oxygen atoms in total. The normalized spacial score (nSPS) is 17.5. The highest BCUT2D eigenvalue weighted by molar-refractivity contribution is 5.90. The Balaban J connectivity index is 1.75. The number of hydrogen-bond donors (Lipinski definition) is 1.